The minimum Gasteiger partial charge on any atom is -0.399 e. The van der Waals surface area contributed by atoms with Gasteiger partial charge in [-0.2, -0.15) is 0 Å². The fourth-order valence-corrected chi connectivity index (χ4v) is 4.05. The lowest BCUT2D eigenvalue weighted by Crippen LogP contribution is -2.01. The van der Waals surface area contributed by atoms with Gasteiger partial charge in [0, 0.05) is 28.6 Å². The van der Waals surface area contributed by atoms with Crippen molar-refractivity contribution in [1.82, 2.24) is 4.57 Å². The maximum Gasteiger partial charge on any atom is 0.147 e. The minimum atomic E-state index is -0.222. The molecule has 0 aliphatic rings. The van der Waals surface area contributed by atoms with Gasteiger partial charge in [-0.3, -0.25) is 0 Å². The third-order valence-electron chi connectivity index (χ3n) is 5.42. The van der Waals surface area contributed by atoms with Crippen LogP contribution in [0.4, 0.5) is 4.39 Å². The fraction of sp³-hybridized carbons (Fsp3) is 0.154. The molecule has 2 nitrogen and oxygen atoms in total. The second-order valence-electron chi connectivity index (χ2n) is 7.68. The lowest BCUT2D eigenvalue weighted by Gasteiger charge is -2.10. The van der Waals surface area contributed by atoms with Crippen LogP contribution in [0.2, 0.25) is 0 Å². The Morgan fingerprint density at radius 1 is 0.966 bits per heavy atom. The highest BCUT2D eigenvalue weighted by atomic mass is 19.1. The van der Waals surface area contributed by atoms with Crippen LogP contribution in [-0.2, 0) is 13.0 Å². The van der Waals surface area contributed by atoms with E-state index in [1.165, 1.54) is 0 Å². The zero-order valence-electron chi connectivity index (χ0n) is 16.7. The Hall–Kier alpha value is -3.33. The number of nitrogens with two attached hydrogens (primary N) is 1. The molecule has 146 valence electrons. The summed E-state index contributed by atoms with van der Waals surface area (Å²) in [5.74, 6) is -0.222. The van der Waals surface area contributed by atoms with Gasteiger partial charge in [0.2, 0.25) is 0 Å². The molecular formula is C26H25FN2. The summed E-state index contributed by atoms with van der Waals surface area (Å²) in [5, 5.41) is 1.90. The second-order valence-corrected chi connectivity index (χ2v) is 7.68. The van der Waals surface area contributed by atoms with E-state index in [-0.39, 0.29) is 5.82 Å². The van der Waals surface area contributed by atoms with Gasteiger partial charge >= 0.3 is 0 Å². The molecule has 0 radical (unpaired) electrons. The molecule has 0 atom stereocenters. The van der Waals surface area contributed by atoms with E-state index in [1.807, 2.05) is 49.4 Å². The van der Waals surface area contributed by atoms with Crippen LogP contribution < -0.4 is 5.73 Å². The summed E-state index contributed by atoms with van der Waals surface area (Å²) in [6.07, 6.45) is 1.67. The number of aromatic nitrogens is 1. The molecule has 4 aromatic rings. The Balaban J connectivity index is 2.08. The Kier molecular flexibility index (Phi) is 4.98. The van der Waals surface area contributed by atoms with Crippen molar-refractivity contribution in [1.29, 1.82) is 0 Å². The molecule has 0 aliphatic carbocycles. The summed E-state index contributed by atoms with van der Waals surface area (Å²) >= 11 is 0. The second kappa shape index (κ2) is 7.59. The first-order valence-corrected chi connectivity index (χ1v) is 9.82. The third-order valence-corrected chi connectivity index (χ3v) is 5.42. The number of hydrogen-bond donors (Lipinski definition) is 1. The van der Waals surface area contributed by atoms with Crippen molar-refractivity contribution in [2.45, 2.75) is 26.3 Å². The molecule has 2 N–H and O–H groups in total. The molecule has 0 saturated carbocycles. The molecule has 0 fully saturated rings. The lowest BCUT2D eigenvalue weighted by molar-refractivity contribution is 0.629. The van der Waals surface area contributed by atoms with Crippen LogP contribution in [0.3, 0.4) is 0 Å². The van der Waals surface area contributed by atoms with Gasteiger partial charge in [0.15, 0.2) is 0 Å². The summed E-state index contributed by atoms with van der Waals surface area (Å²) in [5.41, 5.74) is 12.4. The van der Waals surface area contributed by atoms with E-state index in [2.05, 4.69) is 29.9 Å². The number of halogens is 1. The van der Waals surface area contributed by atoms with Gasteiger partial charge in [-0.15, -0.1) is 6.58 Å². The van der Waals surface area contributed by atoms with E-state index in [9.17, 15) is 0 Å². The SMILES string of the molecule is C=C(C)CCc1ccc(F)c2c1c1c(C(=C)N)cccc1n2Cc1ccccc1. The van der Waals surface area contributed by atoms with Crippen molar-refractivity contribution in [2.75, 3.05) is 0 Å². The highest BCUT2D eigenvalue weighted by Gasteiger charge is 2.20. The summed E-state index contributed by atoms with van der Waals surface area (Å²) in [7, 11) is 0. The van der Waals surface area contributed by atoms with E-state index >= 15 is 4.39 Å². The quantitative estimate of drug-likeness (QED) is 0.382. The zero-order valence-corrected chi connectivity index (χ0v) is 16.7. The van der Waals surface area contributed by atoms with Gasteiger partial charge in [0.05, 0.1) is 11.0 Å². The molecule has 3 aromatic carbocycles. The average Bonchev–Trinajstić information content (AvgIpc) is 3.03. The number of nitrogens with zero attached hydrogens (tertiary/aromatic N) is 1. The van der Waals surface area contributed by atoms with Gasteiger partial charge in [-0.25, -0.2) is 4.39 Å². The molecule has 1 aromatic heterocycles. The maximum absolute atomic E-state index is 15.2. The Labute approximate surface area is 170 Å². The monoisotopic (exact) mass is 384 g/mol. The molecule has 4 rings (SSSR count). The maximum atomic E-state index is 15.2. The van der Waals surface area contributed by atoms with E-state index in [0.29, 0.717) is 17.8 Å². The Morgan fingerprint density at radius 3 is 2.41 bits per heavy atom. The zero-order chi connectivity index (χ0) is 20.5. The van der Waals surface area contributed by atoms with Crippen LogP contribution in [0.15, 0.2) is 79.4 Å². The summed E-state index contributed by atoms with van der Waals surface area (Å²) in [6, 6.07) is 19.5. The Morgan fingerprint density at radius 2 is 1.72 bits per heavy atom. The van der Waals surface area contributed by atoms with Gasteiger partial charge in [-0.1, -0.05) is 60.7 Å². The van der Waals surface area contributed by atoms with Crippen molar-refractivity contribution in [3.63, 3.8) is 0 Å². The van der Waals surface area contributed by atoms with Crippen LogP contribution in [0.1, 0.15) is 30.0 Å². The molecule has 0 saturated heterocycles. The van der Waals surface area contributed by atoms with E-state index in [1.54, 1.807) is 6.07 Å². The standard InChI is InChI=1S/C26H25FN2/c1-17(2)12-13-20-14-15-22(27)26-24(20)25-21(18(3)28)10-7-11-23(25)29(26)16-19-8-5-4-6-9-19/h4-11,14-15H,1,3,12-13,16,28H2,2H3. The predicted octanol–water partition coefficient (Wildman–Crippen LogP) is 6.42. The fourth-order valence-electron chi connectivity index (χ4n) is 4.05. The molecule has 3 heteroatoms. The highest BCUT2D eigenvalue weighted by Crippen LogP contribution is 2.37. The minimum absolute atomic E-state index is 0.222. The van der Waals surface area contributed by atoms with Crippen molar-refractivity contribution in [3.05, 3.63) is 102 Å². The molecule has 0 aliphatic heterocycles. The number of rotatable bonds is 6. The number of fused-ring (bicyclic) bond motifs is 3. The van der Waals surface area contributed by atoms with Crippen molar-refractivity contribution >= 4 is 27.5 Å². The molecule has 0 amide bonds. The van der Waals surface area contributed by atoms with Crippen LogP contribution in [0.5, 0.6) is 0 Å². The summed E-state index contributed by atoms with van der Waals surface area (Å²) in [6.45, 7) is 10.6. The van der Waals surface area contributed by atoms with Crippen LogP contribution in [-0.4, -0.2) is 4.57 Å². The smallest absolute Gasteiger partial charge is 0.147 e. The lowest BCUT2D eigenvalue weighted by atomic mass is 9.97. The molecule has 0 spiro atoms. The molecular weight excluding hydrogens is 359 g/mol. The molecule has 0 unspecified atom stereocenters. The first kappa shape index (κ1) is 19.0. The molecule has 0 bridgehead atoms. The topological polar surface area (TPSA) is 30.9 Å². The number of aryl methyl sites for hydroxylation is 1. The molecule has 29 heavy (non-hydrogen) atoms. The van der Waals surface area contributed by atoms with Gasteiger partial charge in [-0.05, 0) is 43.0 Å². The highest BCUT2D eigenvalue weighted by molar-refractivity contribution is 6.14. The first-order chi connectivity index (χ1) is 14.0. The first-order valence-electron chi connectivity index (χ1n) is 9.82. The van der Waals surface area contributed by atoms with Crippen molar-refractivity contribution in [3.8, 4) is 0 Å². The third kappa shape index (κ3) is 3.44. The van der Waals surface area contributed by atoms with Gasteiger partial charge in [0.25, 0.3) is 0 Å². The largest absolute Gasteiger partial charge is 0.399 e. The number of benzene rings is 3. The summed E-state index contributed by atoms with van der Waals surface area (Å²) in [4.78, 5) is 0. The number of hydrogen-bond acceptors (Lipinski definition) is 1. The summed E-state index contributed by atoms with van der Waals surface area (Å²) < 4.78 is 17.3. The van der Waals surface area contributed by atoms with Gasteiger partial charge < -0.3 is 10.3 Å². The average molecular weight is 384 g/mol. The van der Waals surface area contributed by atoms with Crippen LogP contribution >= 0.6 is 0 Å². The van der Waals surface area contributed by atoms with Crippen LogP contribution in [0, 0.1) is 5.82 Å². The molecule has 1 heterocycles. The number of allylic oxidation sites excluding steroid dienone is 1. The normalized spacial score (nSPS) is 11.2. The van der Waals surface area contributed by atoms with Crippen molar-refractivity contribution in [2.24, 2.45) is 5.73 Å². The van der Waals surface area contributed by atoms with Crippen LogP contribution in [0.25, 0.3) is 27.5 Å². The Bertz CT molecular complexity index is 1230. The van der Waals surface area contributed by atoms with Crippen molar-refractivity contribution < 1.29 is 4.39 Å². The van der Waals surface area contributed by atoms with E-state index in [0.717, 1.165) is 51.4 Å². The van der Waals surface area contributed by atoms with E-state index < -0.39 is 0 Å². The van der Waals surface area contributed by atoms with E-state index in [4.69, 9.17) is 5.73 Å². The van der Waals surface area contributed by atoms with Gasteiger partial charge in [0.1, 0.15) is 5.82 Å². The predicted molar refractivity (Wildman–Crippen MR) is 121 cm³/mol.